The lowest BCUT2D eigenvalue weighted by Gasteiger charge is -2.08. The molecule has 0 aromatic heterocycles. The Kier molecular flexibility index (Phi) is 3.62. The average molecular weight is 281 g/mol. The van der Waals surface area contributed by atoms with Crippen molar-refractivity contribution in [2.75, 3.05) is 17.7 Å². The summed E-state index contributed by atoms with van der Waals surface area (Å²) in [6, 6.07) is 3.78. The first kappa shape index (κ1) is 13.7. The molecule has 8 nitrogen and oxygen atoms in total. The summed E-state index contributed by atoms with van der Waals surface area (Å²) in [6.45, 7) is 0. The van der Waals surface area contributed by atoms with Crippen LogP contribution in [0.15, 0.2) is 23.1 Å². The van der Waals surface area contributed by atoms with Gasteiger partial charge in [-0.2, -0.15) is 12.7 Å². The van der Waals surface area contributed by atoms with Crippen molar-refractivity contribution in [3.63, 3.8) is 0 Å². The van der Waals surface area contributed by atoms with E-state index in [1.165, 1.54) is 17.0 Å². The van der Waals surface area contributed by atoms with E-state index in [2.05, 4.69) is 4.28 Å². The predicted octanol–water partition coefficient (Wildman–Crippen LogP) is -0.979. The maximum absolute atomic E-state index is 11.6. The van der Waals surface area contributed by atoms with Crippen molar-refractivity contribution < 1.29 is 21.1 Å². The van der Waals surface area contributed by atoms with Crippen LogP contribution in [0.2, 0.25) is 0 Å². The number of benzene rings is 1. The molecule has 0 saturated carbocycles. The number of hydrogen-bond donors (Lipinski definition) is 3. The molecule has 0 radical (unpaired) electrons. The van der Waals surface area contributed by atoms with Gasteiger partial charge in [0.25, 0.3) is 20.1 Å². The van der Waals surface area contributed by atoms with Gasteiger partial charge in [0.1, 0.15) is 4.90 Å². The molecule has 0 aliphatic carbocycles. The fraction of sp³-hybridized carbons (Fsp3) is 0.143. The van der Waals surface area contributed by atoms with Gasteiger partial charge in [-0.25, -0.2) is 8.42 Å². The first-order chi connectivity index (χ1) is 7.62. The van der Waals surface area contributed by atoms with Crippen molar-refractivity contribution in [3.05, 3.63) is 18.2 Å². The molecule has 1 rings (SSSR count). The molecule has 0 saturated heterocycles. The third-order valence-electron chi connectivity index (χ3n) is 1.62. The number of sulfonamides is 1. The lowest BCUT2D eigenvalue weighted by molar-refractivity contribution is 0.277. The van der Waals surface area contributed by atoms with Crippen LogP contribution in [0.1, 0.15) is 0 Å². The van der Waals surface area contributed by atoms with E-state index in [-0.39, 0.29) is 16.3 Å². The minimum Gasteiger partial charge on any atom is -0.399 e. The summed E-state index contributed by atoms with van der Waals surface area (Å²) in [5.74, 6) is 0. The lowest BCUT2D eigenvalue weighted by atomic mass is 10.3. The molecule has 96 valence electrons. The molecule has 0 bridgehead atoms. The SMILES string of the molecule is CS(=O)(=O)ONS(=O)(=O)c1cc(N)ccc1N. The summed E-state index contributed by atoms with van der Waals surface area (Å²) in [5.41, 5.74) is 10.9. The standard InChI is InChI=1S/C7H11N3O5S2/c1-16(11,12)15-10-17(13,14)7-4-5(8)2-3-6(7)9/h2-4,10H,8-9H2,1H3. The Bertz CT molecular complexity index is 623. The highest BCUT2D eigenvalue weighted by Crippen LogP contribution is 2.20. The molecule has 1 aromatic carbocycles. The van der Waals surface area contributed by atoms with E-state index in [1.807, 2.05) is 0 Å². The van der Waals surface area contributed by atoms with Gasteiger partial charge in [-0.05, 0) is 18.2 Å². The molecule has 0 atom stereocenters. The molecular formula is C7H11N3O5S2. The molecule has 0 heterocycles. The van der Waals surface area contributed by atoms with Gasteiger partial charge < -0.3 is 11.5 Å². The number of anilines is 2. The third-order valence-corrected chi connectivity index (χ3v) is 3.35. The van der Waals surface area contributed by atoms with Gasteiger partial charge in [0.05, 0.1) is 11.9 Å². The van der Waals surface area contributed by atoms with Crippen LogP contribution in [-0.2, 0) is 24.4 Å². The molecule has 0 unspecified atom stereocenters. The summed E-state index contributed by atoms with van der Waals surface area (Å²) >= 11 is 0. The molecule has 10 heteroatoms. The maximum atomic E-state index is 11.6. The molecular weight excluding hydrogens is 270 g/mol. The second-order valence-electron chi connectivity index (χ2n) is 3.17. The Morgan fingerprint density at radius 3 is 2.29 bits per heavy atom. The zero-order chi connectivity index (χ0) is 13.3. The first-order valence-corrected chi connectivity index (χ1v) is 7.47. The zero-order valence-corrected chi connectivity index (χ0v) is 10.4. The quantitative estimate of drug-likeness (QED) is 0.475. The molecule has 0 aliphatic heterocycles. The smallest absolute Gasteiger partial charge is 0.281 e. The number of rotatable bonds is 4. The topological polar surface area (TPSA) is 142 Å². The maximum Gasteiger partial charge on any atom is 0.281 e. The predicted molar refractivity (Wildman–Crippen MR) is 61.5 cm³/mol. The minimum absolute atomic E-state index is 0.0798. The van der Waals surface area contributed by atoms with Crippen LogP contribution >= 0.6 is 0 Å². The van der Waals surface area contributed by atoms with E-state index in [1.54, 1.807) is 0 Å². The van der Waals surface area contributed by atoms with Gasteiger partial charge in [-0.15, -0.1) is 0 Å². The molecule has 0 fully saturated rings. The Labute approximate surface area is 98.7 Å². The number of nitrogen functional groups attached to an aromatic ring is 2. The molecule has 0 spiro atoms. The van der Waals surface area contributed by atoms with E-state index in [0.717, 1.165) is 6.07 Å². The Balaban J connectivity index is 3.10. The van der Waals surface area contributed by atoms with Gasteiger partial charge in [-0.1, -0.05) is 4.89 Å². The largest absolute Gasteiger partial charge is 0.399 e. The van der Waals surface area contributed by atoms with E-state index in [0.29, 0.717) is 6.26 Å². The number of nitrogens with one attached hydrogen (secondary N) is 1. The highest BCUT2D eigenvalue weighted by Gasteiger charge is 2.20. The van der Waals surface area contributed by atoms with Crippen molar-refractivity contribution in [2.24, 2.45) is 0 Å². The summed E-state index contributed by atoms with van der Waals surface area (Å²) < 4.78 is 48.5. The van der Waals surface area contributed by atoms with E-state index in [9.17, 15) is 16.8 Å². The van der Waals surface area contributed by atoms with Crippen molar-refractivity contribution in [3.8, 4) is 0 Å². The normalized spacial score (nSPS) is 12.5. The van der Waals surface area contributed by atoms with Crippen LogP contribution in [0.5, 0.6) is 0 Å². The number of nitrogens with two attached hydrogens (primary N) is 2. The van der Waals surface area contributed by atoms with Gasteiger partial charge in [-0.3, -0.25) is 0 Å². The van der Waals surface area contributed by atoms with Crippen molar-refractivity contribution >= 4 is 31.5 Å². The van der Waals surface area contributed by atoms with Crippen LogP contribution in [0.4, 0.5) is 11.4 Å². The van der Waals surface area contributed by atoms with E-state index >= 15 is 0 Å². The highest BCUT2D eigenvalue weighted by molar-refractivity contribution is 7.90. The second kappa shape index (κ2) is 4.49. The van der Waals surface area contributed by atoms with E-state index < -0.39 is 20.1 Å². The van der Waals surface area contributed by atoms with Gasteiger partial charge >= 0.3 is 0 Å². The fourth-order valence-electron chi connectivity index (χ4n) is 0.935. The lowest BCUT2D eigenvalue weighted by Crippen LogP contribution is -2.27. The van der Waals surface area contributed by atoms with Crippen LogP contribution in [-0.4, -0.2) is 23.1 Å². The van der Waals surface area contributed by atoms with Gasteiger partial charge in [0.15, 0.2) is 0 Å². The van der Waals surface area contributed by atoms with Crippen LogP contribution in [0.3, 0.4) is 0 Å². The molecule has 17 heavy (non-hydrogen) atoms. The molecule has 5 N–H and O–H groups in total. The summed E-state index contributed by atoms with van der Waals surface area (Å²) in [6.07, 6.45) is 0.693. The number of hydrogen-bond acceptors (Lipinski definition) is 7. The third kappa shape index (κ3) is 3.85. The fourth-order valence-corrected chi connectivity index (χ4v) is 2.55. The molecule has 1 aromatic rings. The highest BCUT2D eigenvalue weighted by atomic mass is 32.2. The van der Waals surface area contributed by atoms with Crippen molar-refractivity contribution in [1.82, 2.24) is 4.89 Å². The monoisotopic (exact) mass is 281 g/mol. The van der Waals surface area contributed by atoms with Crippen molar-refractivity contribution in [2.45, 2.75) is 4.90 Å². The van der Waals surface area contributed by atoms with Crippen LogP contribution in [0, 0.1) is 0 Å². The van der Waals surface area contributed by atoms with Crippen molar-refractivity contribution in [1.29, 1.82) is 0 Å². The minimum atomic E-state index is -4.20. The van der Waals surface area contributed by atoms with Gasteiger partial charge in [0.2, 0.25) is 0 Å². The average Bonchev–Trinajstić information content (AvgIpc) is 2.18. The molecule has 0 amide bonds. The Morgan fingerprint density at radius 1 is 1.18 bits per heavy atom. The van der Waals surface area contributed by atoms with Crippen LogP contribution < -0.4 is 16.4 Å². The first-order valence-electron chi connectivity index (χ1n) is 4.17. The second-order valence-corrected chi connectivity index (χ2v) is 6.36. The van der Waals surface area contributed by atoms with Gasteiger partial charge in [0, 0.05) is 5.69 Å². The van der Waals surface area contributed by atoms with E-state index in [4.69, 9.17) is 11.5 Å². The summed E-state index contributed by atoms with van der Waals surface area (Å²) in [5, 5.41) is 0. The van der Waals surface area contributed by atoms with Crippen LogP contribution in [0.25, 0.3) is 0 Å². The summed E-state index contributed by atoms with van der Waals surface area (Å²) in [4.78, 5) is 1.07. The zero-order valence-electron chi connectivity index (χ0n) is 8.74. The molecule has 0 aliphatic rings. The summed E-state index contributed by atoms with van der Waals surface area (Å²) in [7, 11) is -8.15. The Hall–Kier alpha value is -1.36. The Morgan fingerprint density at radius 2 is 1.76 bits per heavy atom.